The van der Waals surface area contributed by atoms with E-state index in [-0.39, 0.29) is 0 Å². The van der Waals surface area contributed by atoms with Crippen LogP contribution in [0.2, 0.25) is 0 Å². The first kappa shape index (κ1) is 12.1. The third-order valence-electron chi connectivity index (χ3n) is 2.93. The van der Waals surface area contributed by atoms with Gasteiger partial charge in [0.15, 0.2) is 6.16 Å². The normalized spacial score (nSPS) is 18.8. The molecule has 0 aromatic rings. The molecule has 0 heterocycles. The molecular weight excluding hydrogens is 195 g/mol. The van der Waals surface area contributed by atoms with E-state index in [2.05, 4.69) is 6.92 Å². The quantitative estimate of drug-likeness (QED) is 0.599. The third-order valence-corrected chi connectivity index (χ3v) is 4.08. The number of rotatable bonds is 7. The van der Waals surface area contributed by atoms with Crippen LogP contribution in [0.5, 0.6) is 0 Å². The van der Waals surface area contributed by atoms with Crippen molar-refractivity contribution < 1.29 is 9.09 Å². The van der Waals surface area contributed by atoms with Gasteiger partial charge in [0.2, 0.25) is 0 Å². The highest BCUT2D eigenvalue weighted by molar-refractivity contribution is 7.39. The average molecular weight is 217 g/mol. The Morgan fingerprint density at radius 1 is 1.36 bits per heavy atom. The second-order valence-electron chi connectivity index (χ2n) is 4.18. The molecule has 1 atom stereocenters. The summed E-state index contributed by atoms with van der Waals surface area (Å²) in [5.41, 5.74) is 0. The van der Waals surface area contributed by atoms with Crippen molar-refractivity contribution in [3.63, 3.8) is 0 Å². The van der Waals surface area contributed by atoms with Crippen LogP contribution in [0, 0.1) is 5.92 Å². The molecular formula is C11H22O2P+. The minimum Gasteiger partial charge on any atom is -0.146 e. The Bertz CT molecular complexity index is 165. The molecule has 14 heavy (non-hydrogen) atoms. The molecule has 0 radical (unpaired) electrons. The zero-order valence-corrected chi connectivity index (χ0v) is 10.1. The van der Waals surface area contributed by atoms with Crippen LogP contribution in [0.4, 0.5) is 0 Å². The highest BCUT2D eigenvalue weighted by Gasteiger charge is 2.19. The first-order valence-corrected chi connectivity index (χ1v) is 7.26. The molecule has 0 spiro atoms. The van der Waals surface area contributed by atoms with E-state index in [1.807, 2.05) is 0 Å². The van der Waals surface area contributed by atoms with E-state index in [0.29, 0.717) is 6.61 Å². The van der Waals surface area contributed by atoms with Crippen LogP contribution in [0.15, 0.2) is 0 Å². The maximum Gasteiger partial charge on any atom is 0.508 e. The van der Waals surface area contributed by atoms with Crippen molar-refractivity contribution in [2.45, 2.75) is 51.9 Å². The highest BCUT2D eigenvalue weighted by Crippen LogP contribution is 2.30. The van der Waals surface area contributed by atoms with Gasteiger partial charge in [0.05, 0.1) is 0 Å². The molecule has 0 aromatic carbocycles. The highest BCUT2D eigenvalue weighted by atomic mass is 31.1. The second kappa shape index (κ2) is 7.36. The maximum atomic E-state index is 11.3. The van der Waals surface area contributed by atoms with Gasteiger partial charge < -0.3 is 0 Å². The molecule has 1 saturated carbocycles. The van der Waals surface area contributed by atoms with Gasteiger partial charge in [0.25, 0.3) is 0 Å². The van der Waals surface area contributed by atoms with E-state index in [4.69, 9.17) is 4.52 Å². The molecule has 2 nitrogen and oxygen atoms in total. The van der Waals surface area contributed by atoms with E-state index in [1.165, 1.54) is 25.7 Å². The van der Waals surface area contributed by atoms with Gasteiger partial charge in [-0.2, -0.15) is 0 Å². The molecule has 1 unspecified atom stereocenters. The fraction of sp³-hybridized carbons (Fsp3) is 1.00. The van der Waals surface area contributed by atoms with Crippen LogP contribution in [0.3, 0.4) is 0 Å². The third kappa shape index (κ3) is 5.07. The molecule has 1 fully saturated rings. The number of unbranched alkanes of at least 4 members (excludes halogenated alkanes) is 1. The molecule has 0 bridgehead atoms. The van der Waals surface area contributed by atoms with Crippen molar-refractivity contribution >= 4 is 8.03 Å². The lowest BCUT2D eigenvalue weighted by Gasteiger charge is -2.03. The standard InChI is InChI=1S/C11H22O2P/c1-2-3-10-14(12)13-9-8-11-6-4-5-7-11/h11H,2-10H2,1H3/q+1. The van der Waals surface area contributed by atoms with E-state index >= 15 is 0 Å². The Labute approximate surface area is 88.3 Å². The lowest BCUT2D eigenvalue weighted by atomic mass is 10.1. The van der Waals surface area contributed by atoms with Gasteiger partial charge in [-0.05, 0) is 23.3 Å². The summed E-state index contributed by atoms with van der Waals surface area (Å²) in [6.07, 6.45) is 9.47. The van der Waals surface area contributed by atoms with Gasteiger partial charge in [-0.3, -0.25) is 0 Å². The SMILES string of the molecule is CCCC[P+](=O)OCCC1CCCC1. The zero-order chi connectivity index (χ0) is 10.2. The van der Waals surface area contributed by atoms with Crippen LogP contribution < -0.4 is 0 Å². The molecule has 1 aliphatic carbocycles. The summed E-state index contributed by atoms with van der Waals surface area (Å²) >= 11 is 0. The monoisotopic (exact) mass is 217 g/mol. The molecule has 0 amide bonds. The Morgan fingerprint density at radius 2 is 2.07 bits per heavy atom. The van der Waals surface area contributed by atoms with Crippen LogP contribution in [0.1, 0.15) is 51.9 Å². The van der Waals surface area contributed by atoms with E-state index < -0.39 is 8.03 Å². The summed E-state index contributed by atoms with van der Waals surface area (Å²) in [5, 5.41) is 0. The van der Waals surface area contributed by atoms with Gasteiger partial charge in [0.1, 0.15) is 6.61 Å². The van der Waals surface area contributed by atoms with Crippen molar-refractivity contribution in [3.05, 3.63) is 0 Å². The van der Waals surface area contributed by atoms with E-state index in [0.717, 1.165) is 31.3 Å². The maximum absolute atomic E-state index is 11.3. The molecule has 3 heteroatoms. The first-order chi connectivity index (χ1) is 6.83. The average Bonchev–Trinajstić information content (AvgIpc) is 2.67. The molecule has 0 aliphatic heterocycles. The summed E-state index contributed by atoms with van der Waals surface area (Å²) in [5.74, 6) is 0.851. The fourth-order valence-electron chi connectivity index (χ4n) is 1.97. The molecule has 1 aliphatic rings. The summed E-state index contributed by atoms with van der Waals surface area (Å²) < 4.78 is 16.6. The van der Waals surface area contributed by atoms with Crippen molar-refractivity contribution in [1.82, 2.24) is 0 Å². The molecule has 0 saturated heterocycles. The van der Waals surface area contributed by atoms with Gasteiger partial charge in [-0.1, -0.05) is 39.0 Å². The second-order valence-corrected chi connectivity index (χ2v) is 5.55. The van der Waals surface area contributed by atoms with Gasteiger partial charge >= 0.3 is 8.03 Å². The summed E-state index contributed by atoms with van der Waals surface area (Å²) in [4.78, 5) is 0. The minimum absolute atomic E-state index is 0.712. The summed E-state index contributed by atoms with van der Waals surface area (Å²) in [6.45, 7) is 2.82. The van der Waals surface area contributed by atoms with Crippen LogP contribution in [-0.4, -0.2) is 12.8 Å². The van der Waals surface area contributed by atoms with Crippen molar-refractivity contribution in [3.8, 4) is 0 Å². The summed E-state index contributed by atoms with van der Waals surface area (Å²) in [6, 6.07) is 0. The predicted octanol–water partition coefficient (Wildman–Crippen LogP) is 4.13. The minimum atomic E-state index is -1.36. The Morgan fingerprint density at radius 3 is 2.71 bits per heavy atom. The van der Waals surface area contributed by atoms with Gasteiger partial charge in [0, 0.05) is 0 Å². The van der Waals surface area contributed by atoms with Crippen LogP contribution in [-0.2, 0) is 9.09 Å². The van der Waals surface area contributed by atoms with E-state index in [9.17, 15) is 4.57 Å². The van der Waals surface area contributed by atoms with Crippen molar-refractivity contribution in [2.24, 2.45) is 5.92 Å². The fourth-order valence-corrected chi connectivity index (χ4v) is 2.98. The molecule has 82 valence electrons. The zero-order valence-electron chi connectivity index (χ0n) is 9.21. The number of hydrogen-bond donors (Lipinski definition) is 0. The lowest BCUT2D eigenvalue weighted by Crippen LogP contribution is -1.98. The van der Waals surface area contributed by atoms with Crippen molar-refractivity contribution in [2.75, 3.05) is 12.8 Å². The lowest BCUT2D eigenvalue weighted by molar-refractivity contribution is 0.289. The van der Waals surface area contributed by atoms with Gasteiger partial charge in [-0.15, -0.1) is 4.52 Å². The smallest absolute Gasteiger partial charge is 0.146 e. The van der Waals surface area contributed by atoms with Crippen molar-refractivity contribution in [1.29, 1.82) is 0 Å². The molecule has 0 N–H and O–H groups in total. The van der Waals surface area contributed by atoms with Gasteiger partial charge in [-0.25, -0.2) is 0 Å². The molecule has 0 aromatic heterocycles. The molecule has 1 rings (SSSR count). The Kier molecular flexibility index (Phi) is 6.38. The largest absolute Gasteiger partial charge is 0.508 e. The summed E-state index contributed by atoms with van der Waals surface area (Å²) in [7, 11) is -1.36. The Hall–Kier alpha value is 0.0600. The number of hydrogen-bond acceptors (Lipinski definition) is 2. The first-order valence-electron chi connectivity index (χ1n) is 5.90. The van der Waals surface area contributed by atoms with Crippen LogP contribution in [0.25, 0.3) is 0 Å². The van der Waals surface area contributed by atoms with Crippen LogP contribution >= 0.6 is 8.03 Å². The Balaban J connectivity index is 1.94. The topological polar surface area (TPSA) is 26.3 Å². The van der Waals surface area contributed by atoms with E-state index in [1.54, 1.807) is 0 Å². The predicted molar refractivity (Wildman–Crippen MR) is 59.9 cm³/mol.